The molecule has 5 nitrogen and oxygen atoms in total. The Bertz CT molecular complexity index is 570. The van der Waals surface area contributed by atoms with E-state index in [4.69, 9.17) is 9.47 Å². The van der Waals surface area contributed by atoms with Gasteiger partial charge in [-0.1, -0.05) is 6.07 Å². The van der Waals surface area contributed by atoms with Crippen molar-refractivity contribution in [1.29, 1.82) is 0 Å². The summed E-state index contributed by atoms with van der Waals surface area (Å²) >= 11 is 0. The summed E-state index contributed by atoms with van der Waals surface area (Å²) in [4.78, 5) is 23.3. The molecule has 0 aromatic heterocycles. The quantitative estimate of drug-likeness (QED) is 0.875. The van der Waals surface area contributed by atoms with Crippen LogP contribution in [0.15, 0.2) is 18.2 Å². The van der Waals surface area contributed by atoms with Crippen LogP contribution in [-0.4, -0.2) is 25.0 Å². The minimum atomic E-state index is 0.0282. The molecular formula is C17H21NO4. The SMILES string of the molecule is O=C(CCC1CCCC1=O)NCCc1ccc2c(c1)OCO2. The van der Waals surface area contributed by atoms with Gasteiger partial charge in [-0.15, -0.1) is 0 Å². The zero-order chi connectivity index (χ0) is 15.4. The Morgan fingerprint density at radius 1 is 1.27 bits per heavy atom. The first kappa shape index (κ1) is 14.9. The van der Waals surface area contributed by atoms with Crippen LogP contribution in [0.2, 0.25) is 0 Å². The zero-order valence-electron chi connectivity index (χ0n) is 12.6. The fourth-order valence-corrected chi connectivity index (χ4v) is 3.03. The molecule has 3 rings (SSSR count). The topological polar surface area (TPSA) is 64.6 Å². The van der Waals surface area contributed by atoms with Crippen LogP contribution in [0.25, 0.3) is 0 Å². The summed E-state index contributed by atoms with van der Waals surface area (Å²) < 4.78 is 10.6. The first-order valence-electron chi connectivity index (χ1n) is 7.90. The molecule has 1 amide bonds. The number of amides is 1. The molecule has 1 N–H and O–H groups in total. The average Bonchev–Trinajstić information content (AvgIpc) is 3.13. The van der Waals surface area contributed by atoms with Gasteiger partial charge < -0.3 is 14.8 Å². The Balaban J connectivity index is 1.37. The van der Waals surface area contributed by atoms with Crippen molar-refractivity contribution in [2.24, 2.45) is 5.92 Å². The van der Waals surface area contributed by atoms with Crippen LogP contribution >= 0.6 is 0 Å². The third kappa shape index (κ3) is 3.59. The van der Waals surface area contributed by atoms with E-state index in [0.717, 1.165) is 36.3 Å². The Morgan fingerprint density at radius 2 is 2.14 bits per heavy atom. The molecule has 22 heavy (non-hydrogen) atoms. The monoisotopic (exact) mass is 303 g/mol. The molecule has 1 unspecified atom stereocenters. The Morgan fingerprint density at radius 3 is 2.95 bits per heavy atom. The molecule has 118 valence electrons. The van der Waals surface area contributed by atoms with Gasteiger partial charge >= 0.3 is 0 Å². The molecule has 1 fully saturated rings. The fourth-order valence-electron chi connectivity index (χ4n) is 3.03. The molecule has 1 aliphatic carbocycles. The lowest BCUT2D eigenvalue weighted by Crippen LogP contribution is -2.26. The maximum absolute atomic E-state index is 11.8. The van der Waals surface area contributed by atoms with Gasteiger partial charge in [0.15, 0.2) is 11.5 Å². The number of nitrogens with one attached hydrogen (secondary N) is 1. The minimum absolute atomic E-state index is 0.0282. The number of hydrogen-bond donors (Lipinski definition) is 1. The van der Waals surface area contributed by atoms with Crippen molar-refractivity contribution in [2.75, 3.05) is 13.3 Å². The van der Waals surface area contributed by atoms with Gasteiger partial charge in [0.25, 0.3) is 0 Å². The lowest BCUT2D eigenvalue weighted by molar-refractivity contribution is -0.122. The lowest BCUT2D eigenvalue weighted by atomic mass is 10.0. The third-order valence-corrected chi connectivity index (χ3v) is 4.32. The summed E-state index contributed by atoms with van der Waals surface area (Å²) in [6.07, 6.45) is 4.51. The highest BCUT2D eigenvalue weighted by molar-refractivity contribution is 5.83. The number of fused-ring (bicyclic) bond motifs is 1. The molecule has 0 bridgehead atoms. The van der Waals surface area contributed by atoms with E-state index in [9.17, 15) is 9.59 Å². The molecular weight excluding hydrogens is 282 g/mol. The van der Waals surface area contributed by atoms with Crippen LogP contribution in [0.1, 0.15) is 37.7 Å². The van der Waals surface area contributed by atoms with Gasteiger partial charge in [0.05, 0.1) is 0 Å². The Labute approximate surface area is 130 Å². The highest BCUT2D eigenvalue weighted by atomic mass is 16.7. The molecule has 1 aromatic carbocycles. The average molecular weight is 303 g/mol. The zero-order valence-corrected chi connectivity index (χ0v) is 12.6. The second-order valence-corrected chi connectivity index (χ2v) is 5.88. The standard InChI is InChI=1S/C17H21NO4/c19-14-3-1-2-13(14)5-7-17(20)18-9-8-12-4-6-15-16(10-12)22-11-21-15/h4,6,10,13H,1-3,5,7-9,11H2,(H,18,20). The van der Waals surface area contributed by atoms with Gasteiger partial charge in [0.2, 0.25) is 12.7 Å². The number of carbonyl (C=O) groups is 2. The number of ketones is 1. The van der Waals surface area contributed by atoms with Crippen LogP contribution in [0.4, 0.5) is 0 Å². The van der Waals surface area contributed by atoms with Crippen molar-refractivity contribution < 1.29 is 19.1 Å². The summed E-state index contributed by atoms with van der Waals surface area (Å²) in [6, 6.07) is 5.83. The van der Waals surface area contributed by atoms with Crippen molar-refractivity contribution in [1.82, 2.24) is 5.32 Å². The van der Waals surface area contributed by atoms with Gasteiger partial charge in [-0.3, -0.25) is 9.59 Å². The number of carbonyl (C=O) groups excluding carboxylic acids is 2. The van der Waals surface area contributed by atoms with Crippen LogP contribution in [0.3, 0.4) is 0 Å². The number of ether oxygens (including phenoxy) is 2. The first-order chi connectivity index (χ1) is 10.7. The molecule has 2 aliphatic rings. The molecule has 0 radical (unpaired) electrons. The summed E-state index contributed by atoms with van der Waals surface area (Å²) in [5, 5.41) is 2.92. The fraction of sp³-hybridized carbons (Fsp3) is 0.529. The van der Waals surface area contributed by atoms with E-state index < -0.39 is 0 Å². The van der Waals surface area contributed by atoms with E-state index in [0.29, 0.717) is 31.6 Å². The molecule has 0 spiro atoms. The summed E-state index contributed by atoms with van der Waals surface area (Å²) in [6.45, 7) is 0.868. The van der Waals surface area contributed by atoms with E-state index in [1.165, 1.54) is 0 Å². The van der Waals surface area contributed by atoms with Gasteiger partial charge in [0, 0.05) is 25.3 Å². The van der Waals surface area contributed by atoms with E-state index in [1.54, 1.807) is 0 Å². The minimum Gasteiger partial charge on any atom is -0.454 e. The van der Waals surface area contributed by atoms with Crippen molar-refractivity contribution in [3.63, 3.8) is 0 Å². The first-order valence-corrected chi connectivity index (χ1v) is 7.90. The van der Waals surface area contributed by atoms with Crippen molar-refractivity contribution in [2.45, 2.75) is 38.5 Å². The van der Waals surface area contributed by atoms with Gasteiger partial charge in [0.1, 0.15) is 5.78 Å². The van der Waals surface area contributed by atoms with Crippen molar-refractivity contribution in [3.8, 4) is 11.5 Å². The van der Waals surface area contributed by atoms with Gasteiger partial charge in [-0.05, 0) is 43.4 Å². The smallest absolute Gasteiger partial charge is 0.231 e. The second kappa shape index (κ2) is 6.81. The second-order valence-electron chi connectivity index (χ2n) is 5.88. The van der Waals surface area contributed by atoms with Crippen LogP contribution in [-0.2, 0) is 16.0 Å². The summed E-state index contributed by atoms with van der Waals surface area (Å²) in [5.74, 6) is 2.01. The third-order valence-electron chi connectivity index (χ3n) is 4.32. The van der Waals surface area contributed by atoms with E-state index >= 15 is 0 Å². The maximum Gasteiger partial charge on any atom is 0.231 e. The molecule has 1 aromatic rings. The molecule has 1 saturated carbocycles. The van der Waals surface area contributed by atoms with E-state index in [2.05, 4.69) is 5.32 Å². The lowest BCUT2D eigenvalue weighted by Gasteiger charge is -2.09. The van der Waals surface area contributed by atoms with E-state index in [-0.39, 0.29) is 18.6 Å². The Hall–Kier alpha value is -2.04. The number of Topliss-reactive ketones (excluding diaryl/α,β-unsaturated/α-hetero) is 1. The summed E-state index contributed by atoms with van der Waals surface area (Å²) in [7, 11) is 0. The molecule has 0 saturated heterocycles. The molecule has 1 atom stereocenters. The molecule has 5 heteroatoms. The molecule has 1 heterocycles. The number of rotatable bonds is 6. The highest BCUT2D eigenvalue weighted by Gasteiger charge is 2.24. The predicted molar refractivity (Wildman–Crippen MR) is 80.9 cm³/mol. The van der Waals surface area contributed by atoms with Gasteiger partial charge in [-0.25, -0.2) is 0 Å². The number of hydrogen-bond acceptors (Lipinski definition) is 4. The van der Waals surface area contributed by atoms with E-state index in [1.807, 2.05) is 18.2 Å². The van der Waals surface area contributed by atoms with Crippen molar-refractivity contribution in [3.05, 3.63) is 23.8 Å². The summed E-state index contributed by atoms with van der Waals surface area (Å²) in [5.41, 5.74) is 1.11. The van der Waals surface area contributed by atoms with Crippen LogP contribution < -0.4 is 14.8 Å². The van der Waals surface area contributed by atoms with Crippen LogP contribution in [0, 0.1) is 5.92 Å². The normalized spacial score (nSPS) is 19.5. The van der Waals surface area contributed by atoms with Crippen LogP contribution in [0.5, 0.6) is 11.5 Å². The maximum atomic E-state index is 11.8. The Kier molecular flexibility index (Phi) is 4.61. The van der Waals surface area contributed by atoms with Gasteiger partial charge in [-0.2, -0.15) is 0 Å². The predicted octanol–water partition coefficient (Wildman–Crippen LogP) is 2.22. The molecule has 1 aliphatic heterocycles. The highest BCUT2D eigenvalue weighted by Crippen LogP contribution is 2.32. The number of benzene rings is 1. The largest absolute Gasteiger partial charge is 0.454 e. The van der Waals surface area contributed by atoms with Crippen molar-refractivity contribution >= 4 is 11.7 Å².